The molecule has 0 fully saturated rings. The van der Waals surface area contributed by atoms with Crippen LogP contribution in [0.15, 0.2) is 54.7 Å². The molecule has 27 heavy (non-hydrogen) atoms. The molecule has 2 N–H and O–H groups in total. The Morgan fingerprint density at radius 2 is 1.89 bits per heavy atom. The fraction of sp³-hybridized carbons (Fsp3) is 0.364. The minimum Gasteiger partial charge on any atom is -0.303 e. The zero-order chi connectivity index (χ0) is 19.7. The zero-order valence-electron chi connectivity index (χ0n) is 16.4. The van der Waals surface area contributed by atoms with Gasteiger partial charge in [-0.2, -0.15) is 0 Å². The second-order valence-electron chi connectivity index (χ2n) is 8.36. The molecule has 1 aromatic heterocycles. The van der Waals surface area contributed by atoms with E-state index >= 15 is 0 Å². The van der Waals surface area contributed by atoms with Gasteiger partial charge >= 0.3 is 0 Å². The Hall–Kier alpha value is -2.50. The molecule has 0 saturated heterocycles. The molecule has 3 rings (SSSR count). The molecule has 0 saturated carbocycles. The Labute approximate surface area is 160 Å². The highest BCUT2D eigenvalue weighted by Crippen LogP contribution is 2.33. The van der Waals surface area contributed by atoms with Crippen molar-refractivity contribution in [3.8, 4) is 0 Å². The maximum Gasteiger partial charge on any atom is 0.296 e. The van der Waals surface area contributed by atoms with Crippen molar-refractivity contribution < 1.29 is 10.0 Å². The van der Waals surface area contributed by atoms with E-state index in [2.05, 4.69) is 44.1 Å². The van der Waals surface area contributed by atoms with Gasteiger partial charge in [0.25, 0.3) is 5.91 Å². The maximum absolute atomic E-state index is 12.6. The Balaban J connectivity index is 1.83. The van der Waals surface area contributed by atoms with Crippen LogP contribution in [0.5, 0.6) is 0 Å². The number of hydrogen-bond acceptors (Lipinski definition) is 4. The highest BCUT2D eigenvalue weighted by Gasteiger charge is 2.32. The minimum absolute atomic E-state index is 0.0443. The number of pyridine rings is 1. The highest BCUT2D eigenvalue weighted by atomic mass is 16.5. The minimum atomic E-state index is -0.506. The normalized spacial score (nSPS) is 17.9. The van der Waals surface area contributed by atoms with Crippen molar-refractivity contribution >= 4 is 11.5 Å². The van der Waals surface area contributed by atoms with E-state index in [4.69, 9.17) is 0 Å². The molecule has 5 heteroatoms. The SMILES string of the molecule is CC1(C)C=C(c2ccnc(C(=O)N(O)Cc3ccccc3)c2)CC(C)(C)N1. The van der Waals surface area contributed by atoms with Gasteiger partial charge < -0.3 is 5.32 Å². The smallest absolute Gasteiger partial charge is 0.296 e. The third-order valence-electron chi connectivity index (χ3n) is 4.59. The van der Waals surface area contributed by atoms with Crippen LogP contribution in [0, 0.1) is 0 Å². The number of hydrogen-bond donors (Lipinski definition) is 2. The average Bonchev–Trinajstić information content (AvgIpc) is 2.59. The van der Waals surface area contributed by atoms with Crippen LogP contribution in [0.25, 0.3) is 5.57 Å². The molecule has 0 spiro atoms. The van der Waals surface area contributed by atoms with Crippen molar-refractivity contribution in [2.45, 2.75) is 51.7 Å². The average molecular weight is 365 g/mol. The van der Waals surface area contributed by atoms with Crippen molar-refractivity contribution in [2.75, 3.05) is 0 Å². The lowest BCUT2D eigenvalue weighted by Crippen LogP contribution is -2.53. The van der Waals surface area contributed by atoms with Gasteiger partial charge in [-0.15, -0.1) is 0 Å². The van der Waals surface area contributed by atoms with Gasteiger partial charge in [0.15, 0.2) is 0 Å². The molecular weight excluding hydrogens is 338 g/mol. The van der Waals surface area contributed by atoms with E-state index in [9.17, 15) is 10.0 Å². The van der Waals surface area contributed by atoms with Gasteiger partial charge in [-0.3, -0.25) is 15.0 Å². The molecule has 1 aliphatic rings. The second-order valence-corrected chi connectivity index (χ2v) is 8.36. The van der Waals surface area contributed by atoms with Crippen LogP contribution in [0.1, 0.15) is 55.7 Å². The fourth-order valence-electron chi connectivity index (χ4n) is 3.81. The van der Waals surface area contributed by atoms with Gasteiger partial charge in [-0.25, -0.2) is 5.06 Å². The van der Waals surface area contributed by atoms with E-state index in [-0.39, 0.29) is 23.3 Å². The van der Waals surface area contributed by atoms with E-state index in [1.807, 2.05) is 36.4 Å². The lowest BCUT2D eigenvalue weighted by molar-refractivity contribution is -0.0652. The summed E-state index contributed by atoms with van der Waals surface area (Å²) in [5.41, 5.74) is 3.05. The van der Waals surface area contributed by atoms with Crippen molar-refractivity contribution in [1.82, 2.24) is 15.4 Å². The van der Waals surface area contributed by atoms with Crippen molar-refractivity contribution in [3.05, 3.63) is 71.6 Å². The summed E-state index contributed by atoms with van der Waals surface area (Å²) in [4.78, 5) is 16.8. The molecule has 1 aliphatic heterocycles. The number of amides is 1. The number of rotatable bonds is 4. The molecule has 0 unspecified atom stereocenters. The summed E-state index contributed by atoms with van der Waals surface area (Å²) in [5.74, 6) is -0.506. The highest BCUT2D eigenvalue weighted by molar-refractivity contribution is 5.92. The molecule has 0 bridgehead atoms. The fourth-order valence-corrected chi connectivity index (χ4v) is 3.81. The summed E-state index contributed by atoms with van der Waals surface area (Å²) in [6.45, 7) is 8.74. The van der Waals surface area contributed by atoms with Gasteiger partial charge in [0.2, 0.25) is 0 Å². The number of aromatic nitrogens is 1. The lowest BCUT2D eigenvalue weighted by atomic mass is 9.81. The molecule has 1 amide bonds. The Morgan fingerprint density at radius 3 is 2.56 bits per heavy atom. The molecule has 2 heterocycles. The number of carbonyl (C=O) groups is 1. The Bertz CT molecular complexity index is 857. The molecule has 0 radical (unpaired) electrons. The summed E-state index contributed by atoms with van der Waals surface area (Å²) in [6, 6.07) is 13.1. The summed E-state index contributed by atoms with van der Waals surface area (Å²) >= 11 is 0. The van der Waals surface area contributed by atoms with E-state index in [0.717, 1.165) is 17.5 Å². The first-order valence-corrected chi connectivity index (χ1v) is 9.17. The summed E-state index contributed by atoms with van der Waals surface area (Å²) in [7, 11) is 0. The summed E-state index contributed by atoms with van der Waals surface area (Å²) < 4.78 is 0. The summed E-state index contributed by atoms with van der Waals surface area (Å²) in [6.07, 6.45) is 4.67. The van der Waals surface area contributed by atoms with E-state index in [0.29, 0.717) is 5.06 Å². The molecule has 0 atom stereocenters. The molecule has 2 aromatic rings. The van der Waals surface area contributed by atoms with Crippen LogP contribution >= 0.6 is 0 Å². The molecule has 1 aromatic carbocycles. The quantitative estimate of drug-likeness (QED) is 0.634. The standard InChI is InChI=1S/C22H27N3O2/c1-21(2)13-18(14-22(3,4)24-21)17-10-11-23-19(12-17)20(26)25(27)15-16-8-6-5-7-9-16/h5-13,24,27H,14-15H2,1-4H3. The molecule has 142 valence electrons. The van der Waals surface area contributed by atoms with Gasteiger partial charge in [-0.1, -0.05) is 36.4 Å². The predicted molar refractivity (Wildman–Crippen MR) is 106 cm³/mol. The van der Waals surface area contributed by atoms with Crippen molar-refractivity contribution in [1.29, 1.82) is 0 Å². The number of hydroxylamine groups is 2. The first kappa shape index (κ1) is 19.3. The van der Waals surface area contributed by atoms with Crippen LogP contribution in [0.4, 0.5) is 0 Å². The Morgan fingerprint density at radius 1 is 1.19 bits per heavy atom. The maximum atomic E-state index is 12.6. The number of nitrogens with zero attached hydrogens (tertiary/aromatic N) is 2. The number of carbonyl (C=O) groups excluding carboxylic acids is 1. The van der Waals surface area contributed by atoms with Gasteiger partial charge in [0.1, 0.15) is 5.69 Å². The topological polar surface area (TPSA) is 65.5 Å². The monoisotopic (exact) mass is 365 g/mol. The van der Waals surface area contributed by atoms with Gasteiger partial charge in [0, 0.05) is 17.3 Å². The van der Waals surface area contributed by atoms with Crippen LogP contribution < -0.4 is 5.32 Å². The van der Waals surface area contributed by atoms with Gasteiger partial charge in [0.05, 0.1) is 6.54 Å². The molecular formula is C22H27N3O2. The van der Waals surface area contributed by atoms with Gasteiger partial charge in [-0.05, 0) is 62.9 Å². The third kappa shape index (κ3) is 4.81. The summed E-state index contributed by atoms with van der Waals surface area (Å²) in [5, 5.41) is 14.5. The predicted octanol–water partition coefficient (Wildman–Crippen LogP) is 4.05. The van der Waals surface area contributed by atoms with E-state index in [1.165, 1.54) is 5.57 Å². The third-order valence-corrected chi connectivity index (χ3v) is 4.59. The number of benzene rings is 1. The largest absolute Gasteiger partial charge is 0.303 e. The van der Waals surface area contributed by atoms with Crippen molar-refractivity contribution in [2.24, 2.45) is 0 Å². The lowest BCUT2D eigenvalue weighted by Gasteiger charge is -2.41. The van der Waals surface area contributed by atoms with E-state index < -0.39 is 5.91 Å². The first-order valence-electron chi connectivity index (χ1n) is 9.17. The molecule has 5 nitrogen and oxygen atoms in total. The Kier molecular flexibility index (Phi) is 5.18. The second kappa shape index (κ2) is 7.25. The molecule has 0 aliphatic carbocycles. The van der Waals surface area contributed by atoms with Crippen LogP contribution in [-0.4, -0.2) is 32.2 Å². The first-order chi connectivity index (χ1) is 12.7. The zero-order valence-corrected chi connectivity index (χ0v) is 16.4. The van der Waals surface area contributed by atoms with Crippen LogP contribution in [0.3, 0.4) is 0 Å². The van der Waals surface area contributed by atoms with Crippen LogP contribution in [0.2, 0.25) is 0 Å². The van der Waals surface area contributed by atoms with E-state index in [1.54, 1.807) is 12.3 Å². The van der Waals surface area contributed by atoms with Crippen molar-refractivity contribution in [3.63, 3.8) is 0 Å². The number of nitrogens with one attached hydrogen (secondary N) is 1. The van der Waals surface area contributed by atoms with Crippen LogP contribution in [-0.2, 0) is 6.54 Å².